The summed E-state index contributed by atoms with van der Waals surface area (Å²) in [5, 5.41) is 0. The van der Waals surface area contributed by atoms with Gasteiger partial charge in [-0.25, -0.2) is 8.60 Å². The lowest BCUT2D eigenvalue weighted by Crippen LogP contribution is -2.20. The zero-order chi connectivity index (χ0) is 12.6. The van der Waals surface area contributed by atoms with E-state index in [9.17, 15) is 8.60 Å². The van der Waals surface area contributed by atoms with Crippen LogP contribution in [0, 0.1) is 5.82 Å². The number of hydrogen-bond donors (Lipinski definition) is 0. The predicted molar refractivity (Wildman–Crippen MR) is 69.2 cm³/mol. The zero-order valence-corrected chi connectivity index (χ0v) is 11.1. The van der Waals surface area contributed by atoms with Gasteiger partial charge in [0.15, 0.2) is 0 Å². The summed E-state index contributed by atoms with van der Waals surface area (Å²) in [6.07, 6.45) is 1.54. The van der Waals surface area contributed by atoms with Gasteiger partial charge in [0.05, 0.1) is 10.5 Å². The van der Waals surface area contributed by atoms with Crippen LogP contribution < -0.4 is 0 Å². The van der Waals surface area contributed by atoms with Crippen LogP contribution in [0.25, 0.3) is 0 Å². The van der Waals surface area contributed by atoms with E-state index in [4.69, 9.17) is 0 Å². The molecule has 0 heterocycles. The van der Waals surface area contributed by atoms with Crippen LogP contribution in [0.15, 0.2) is 22.6 Å². The molecule has 17 heavy (non-hydrogen) atoms. The van der Waals surface area contributed by atoms with Gasteiger partial charge >= 0.3 is 0 Å². The molecule has 2 nitrogen and oxygen atoms in total. The molecule has 0 saturated heterocycles. The van der Waals surface area contributed by atoms with Gasteiger partial charge < -0.3 is 0 Å². The van der Waals surface area contributed by atoms with Gasteiger partial charge in [-0.15, -0.1) is 0 Å². The van der Waals surface area contributed by atoms with Crippen LogP contribution in [0.2, 0.25) is 0 Å². The van der Waals surface area contributed by atoms with E-state index < -0.39 is 11.0 Å². The first-order valence-electron chi connectivity index (χ1n) is 5.66. The van der Waals surface area contributed by atoms with Crippen molar-refractivity contribution in [1.29, 1.82) is 0 Å². The molecule has 0 amide bonds. The van der Waals surface area contributed by atoms with Crippen molar-refractivity contribution in [2.45, 2.75) is 38.4 Å². The highest BCUT2D eigenvalue weighted by molar-refractivity contribution is 7.85. The van der Waals surface area contributed by atoms with E-state index in [1.807, 2.05) is 20.8 Å². The summed E-state index contributed by atoms with van der Waals surface area (Å²) >= 11 is 0. The number of halogens is 1. The molecule has 0 fully saturated rings. The van der Waals surface area contributed by atoms with E-state index in [0.29, 0.717) is 0 Å². The van der Waals surface area contributed by atoms with Crippen LogP contribution in [0.4, 0.5) is 4.39 Å². The standard InChI is InChI=1S/C13H16FNOS/c1-13(2,3)17(16)15-12-7-4-9-8-10(14)5-6-11(9)12/h5-6,8H,4,7H2,1-3H3/b15-12+/t17-/m1/s1. The molecule has 1 aromatic rings. The monoisotopic (exact) mass is 253 g/mol. The maximum absolute atomic E-state index is 13.0. The van der Waals surface area contributed by atoms with Crippen LogP contribution in [0.5, 0.6) is 0 Å². The molecule has 0 bridgehead atoms. The van der Waals surface area contributed by atoms with Crippen molar-refractivity contribution in [2.24, 2.45) is 4.40 Å². The van der Waals surface area contributed by atoms with Gasteiger partial charge in [-0.2, -0.15) is 4.40 Å². The molecule has 4 heteroatoms. The minimum Gasteiger partial charge on any atom is -0.234 e. The van der Waals surface area contributed by atoms with Crippen molar-refractivity contribution in [3.05, 3.63) is 35.1 Å². The lowest BCUT2D eigenvalue weighted by molar-refractivity contribution is 0.626. The van der Waals surface area contributed by atoms with Crippen molar-refractivity contribution in [1.82, 2.24) is 0 Å². The van der Waals surface area contributed by atoms with Gasteiger partial charge in [-0.1, -0.05) is 0 Å². The third kappa shape index (κ3) is 2.63. The Morgan fingerprint density at radius 3 is 2.65 bits per heavy atom. The molecule has 0 radical (unpaired) electrons. The lowest BCUT2D eigenvalue weighted by Gasteiger charge is -2.14. The smallest absolute Gasteiger partial charge is 0.145 e. The number of hydrogen-bond acceptors (Lipinski definition) is 1. The normalized spacial score (nSPS) is 19.4. The van der Waals surface area contributed by atoms with E-state index in [1.54, 1.807) is 6.07 Å². The van der Waals surface area contributed by atoms with Gasteiger partial charge in [0, 0.05) is 5.56 Å². The van der Waals surface area contributed by atoms with Crippen LogP contribution in [-0.4, -0.2) is 14.7 Å². The molecule has 92 valence electrons. The van der Waals surface area contributed by atoms with E-state index in [2.05, 4.69) is 4.40 Å². The molecule has 1 aromatic carbocycles. The molecule has 0 N–H and O–H groups in total. The zero-order valence-electron chi connectivity index (χ0n) is 10.3. The molecule has 1 atom stereocenters. The second-order valence-electron chi connectivity index (χ2n) is 5.20. The largest absolute Gasteiger partial charge is 0.234 e. The van der Waals surface area contributed by atoms with E-state index >= 15 is 0 Å². The minimum atomic E-state index is -1.25. The molecule has 1 aliphatic rings. The van der Waals surface area contributed by atoms with Crippen molar-refractivity contribution in [3.8, 4) is 0 Å². The Kier molecular flexibility index (Phi) is 3.17. The molecule has 0 saturated carbocycles. The number of rotatable bonds is 1. The fourth-order valence-electron chi connectivity index (χ4n) is 1.77. The summed E-state index contributed by atoms with van der Waals surface area (Å²) in [5.74, 6) is -0.220. The van der Waals surface area contributed by atoms with Crippen molar-refractivity contribution < 1.29 is 8.60 Å². The minimum absolute atomic E-state index is 0.220. The highest BCUT2D eigenvalue weighted by Gasteiger charge is 2.23. The molecule has 2 rings (SSSR count). The summed E-state index contributed by atoms with van der Waals surface area (Å²) < 4.78 is 28.9. The Labute approximate surface area is 104 Å². The van der Waals surface area contributed by atoms with Crippen LogP contribution in [-0.2, 0) is 17.4 Å². The number of benzene rings is 1. The molecule has 1 aliphatic carbocycles. The summed E-state index contributed by atoms with van der Waals surface area (Å²) in [7, 11) is -1.25. The van der Waals surface area contributed by atoms with Gasteiger partial charge in [-0.3, -0.25) is 0 Å². The van der Waals surface area contributed by atoms with Crippen molar-refractivity contribution >= 4 is 16.7 Å². The summed E-state index contributed by atoms with van der Waals surface area (Å²) in [5.41, 5.74) is 2.76. The highest BCUT2D eigenvalue weighted by Crippen LogP contribution is 2.25. The quantitative estimate of drug-likeness (QED) is 0.756. The van der Waals surface area contributed by atoms with Gasteiger partial charge in [-0.05, 0) is 57.4 Å². The maximum atomic E-state index is 13.0. The topological polar surface area (TPSA) is 29.4 Å². The van der Waals surface area contributed by atoms with Crippen LogP contribution in [0.1, 0.15) is 38.3 Å². The van der Waals surface area contributed by atoms with Gasteiger partial charge in [0.1, 0.15) is 16.8 Å². The Morgan fingerprint density at radius 1 is 1.29 bits per heavy atom. The molecule has 0 aromatic heterocycles. The summed E-state index contributed by atoms with van der Waals surface area (Å²) in [6.45, 7) is 5.69. The number of aryl methyl sites for hydroxylation is 1. The van der Waals surface area contributed by atoms with Crippen LogP contribution in [0.3, 0.4) is 0 Å². The molecule has 0 unspecified atom stereocenters. The average Bonchev–Trinajstić information content (AvgIpc) is 2.59. The van der Waals surface area contributed by atoms with Gasteiger partial charge in [0.25, 0.3) is 0 Å². The first-order chi connectivity index (χ1) is 7.88. The maximum Gasteiger partial charge on any atom is 0.145 e. The Hall–Kier alpha value is -1.03. The van der Waals surface area contributed by atoms with Crippen LogP contribution >= 0.6 is 0 Å². The number of fused-ring (bicyclic) bond motifs is 1. The third-order valence-electron chi connectivity index (χ3n) is 2.73. The first kappa shape index (κ1) is 12.4. The SMILES string of the molecule is CC(C)(C)[S@@](=O)/N=C1\CCc2cc(F)ccc21. The van der Waals surface area contributed by atoms with E-state index in [1.165, 1.54) is 12.1 Å². The van der Waals surface area contributed by atoms with Crippen molar-refractivity contribution in [3.63, 3.8) is 0 Å². The molecule has 0 aliphatic heterocycles. The predicted octanol–water partition coefficient (Wildman–Crippen LogP) is 3.02. The Bertz CT molecular complexity index is 503. The molecular weight excluding hydrogens is 237 g/mol. The highest BCUT2D eigenvalue weighted by atomic mass is 32.2. The fourth-order valence-corrected chi connectivity index (χ4v) is 2.43. The molecule has 0 spiro atoms. The Morgan fingerprint density at radius 2 is 2.00 bits per heavy atom. The average molecular weight is 253 g/mol. The van der Waals surface area contributed by atoms with Gasteiger partial charge in [0.2, 0.25) is 0 Å². The van der Waals surface area contributed by atoms with E-state index in [0.717, 1.165) is 29.7 Å². The molecular formula is C13H16FNOS. The van der Waals surface area contributed by atoms with E-state index in [-0.39, 0.29) is 10.6 Å². The Balaban J connectivity index is 2.34. The third-order valence-corrected chi connectivity index (χ3v) is 4.16. The second kappa shape index (κ2) is 4.33. The van der Waals surface area contributed by atoms with Crippen molar-refractivity contribution in [2.75, 3.05) is 0 Å². The summed E-state index contributed by atoms with van der Waals surface area (Å²) in [6, 6.07) is 4.70. The second-order valence-corrected chi connectivity index (χ2v) is 7.11. The first-order valence-corrected chi connectivity index (χ1v) is 6.77. The summed E-state index contributed by atoms with van der Waals surface area (Å²) in [4.78, 5) is 0. The lowest BCUT2D eigenvalue weighted by atomic mass is 10.1. The number of nitrogens with zero attached hydrogens (tertiary/aromatic N) is 1. The fraction of sp³-hybridized carbons (Fsp3) is 0.462.